The van der Waals surface area contributed by atoms with E-state index in [9.17, 15) is 4.79 Å². The molecule has 0 radical (unpaired) electrons. The van der Waals surface area contributed by atoms with Gasteiger partial charge in [0.2, 0.25) is 5.91 Å². The van der Waals surface area contributed by atoms with Gasteiger partial charge >= 0.3 is 0 Å². The average Bonchev–Trinajstić information content (AvgIpc) is 3.39. The zero-order chi connectivity index (χ0) is 27.6. The monoisotopic (exact) mass is 576 g/mol. The van der Waals surface area contributed by atoms with E-state index in [0.717, 1.165) is 29.7 Å². The van der Waals surface area contributed by atoms with Crippen molar-refractivity contribution in [2.45, 2.75) is 56.7 Å². The molecule has 2 saturated heterocycles. The van der Waals surface area contributed by atoms with Crippen molar-refractivity contribution in [2.75, 3.05) is 13.1 Å². The molecule has 0 bridgehead atoms. The molecule has 4 unspecified atom stereocenters. The molecule has 3 aromatic carbocycles. The molecule has 4 atom stereocenters. The molecular formula is C33H38Cl2N4O. The van der Waals surface area contributed by atoms with Crippen molar-refractivity contribution in [1.29, 1.82) is 0 Å². The normalized spacial score (nSPS) is 25.7. The van der Waals surface area contributed by atoms with Gasteiger partial charge in [0.25, 0.3) is 0 Å². The van der Waals surface area contributed by atoms with Crippen LogP contribution in [0, 0.1) is 17.8 Å². The van der Waals surface area contributed by atoms with E-state index in [4.69, 9.17) is 28.9 Å². The van der Waals surface area contributed by atoms with Crippen molar-refractivity contribution in [3.63, 3.8) is 0 Å². The summed E-state index contributed by atoms with van der Waals surface area (Å²) in [7, 11) is 0. The minimum absolute atomic E-state index is 0.333. The number of nitrogens with two attached hydrogens (primary N) is 1. The Morgan fingerprint density at radius 2 is 1.43 bits per heavy atom. The van der Waals surface area contributed by atoms with Gasteiger partial charge in [0.1, 0.15) is 0 Å². The summed E-state index contributed by atoms with van der Waals surface area (Å²) in [6.45, 7) is 3.11. The van der Waals surface area contributed by atoms with E-state index in [2.05, 4.69) is 40.0 Å². The van der Waals surface area contributed by atoms with Crippen LogP contribution in [0.2, 0.25) is 10.0 Å². The largest absolute Gasteiger partial charge is 0.366 e. The number of nitrogens with zero attached hydrogens (tertiary/aromatic N) is 1. The van der Waals surface area contributed by atoms with Crippen LogP contribution in [0.1, 0.15) is 65.1 Å². The van der Waals surface area contributed by atoms with Crippen LogP contribution in [0.15, 0.2) is 72.8 Å². The SMILES string of the molecule is NC(=O)c1ccc(CN2CCC(C3NNC4CCC(C(c5ccc(Cl)cc5)c5ccc(Cl)cc5)CC43)CC2)cc1. The third kappa shape index (κ3) is 6.09. The Kier molecular flexibility index (Phi) is 8.47. The van der Waals surface area contributed by atoms with E-state index in [1.807, 2.05) is 48.5 Å². The molecule has 0 aromatic heterocycles. The van der Waals surface area contributed by atoms with Crippen molar-refractivity contribution in [3.8, 4) is 0 Å². The molecule has 4 N–H and O–H groups in total. The summed E-state index contributed by atoms with van der Waals surface area (Å²) in [5.74, 6) is 1.81. The fourth-order valence-corrected chi connectivity index (χ4v) is 7.73. The lowest BCUT2D eigenvalue weighted by molar-refractivity contribution is 0.1000. The number of fused-ring (bicyclic) bond motifs is 1. The molecule has 1 aliphatic carbocycles. The molecule has 7 heteroatoms. The van der Waals surface area contributed by atoms with Gasteiger partial charge < -0.3 is 5.73 Å². The van der Waals surface area contributed by atoms with Crippen LogP contribution in [0.4, 0.5) is 0 Å². The number of primary amides is 1. The molecule has 2 heterocycles. The number of nitrogens with one attached hydrogen (secondary N) is 2. The highest BCUT2D eigenvalue weighted by atomic mass is 35.5. The summed E-state index contributed by atoms with van der Waals surface area (Å²) in [5, 5.41) is 1.56. The van der Waals surface area contributed by atoms with Crippen molar-refractivity contribution < 1.29 is 4.79 Å². The Morgan fingerprint density at radius 3 is 2.00 bits per heavy atom. The van der Waals surface area contributed by atoms with Gasteiger partial charge in [-0.05, 0) is 116 Å². The van der Waals surface area contributed by atoms with Crippen molar-refractivity contribution in [2.24, 2.45) is 23.5 Å². The van der Waals surface area contributed by atoms with Gasteiger partial charge in [-0.1, -0.05) is 59.6 Å². The number of rotatable bonds is 7. The van der Waals surface area contributed by atoms with E-state index in [0.29, 0.717) is 41.3 Å². The number of hydrogen-bond donors (Lipinski definition) is 3. The Labute approximate surface area is 247 Å². The van der Waals surface area contributed by atoms with Crippen LogP contribution in [0.25, 0.3) is 0 Å². The highest BCUT2D eigenvalue weighted by Gasteiger charge is 2.45. The van der Waals surface area contributed by atoms with E-state index in [1.54, 1.807) is 0 Å². The minimum Gasteiger partial charge on any atom is -0.366 e. The number of halogens is 2. The van der Waals surface area contributed by atoms with Crippen LogP contribution in [-0.4, -0.2) is 36.0 Å². The molecule has 5 nitrogen and oxygen atoms in total. The number of benzene rings is 3. The number of amides is 1. The first-order valence-corrected chi connectivity index (χ1v) is 15.3. The molecule has 1 amide bonds. The molecule has 3 aliphatic rings. The molecule has 0 spiro atoms. The fourth-order valence-electron chi connectivity index (χ4n) is 7.48. The number of hydrogen-bond acceptors (Lipinski definition) is 4. The highest BCUT2D eigenvalue weighted by Crippen LogP contribution is 2.46. The number of piperidine rings is 1. The maximum absolute atomic E-state index is 11.4. The van der Waals surface area contributed by atoms with Crippen LogP contribution in [0.5, 0.6) is 0 Å². The second-order valence-electron chi connectivity index (χ2n) is 11.9. The zero-order valence-electron chi connectivity index (χ0n) is 22.7. The van der Waals surface area contributed by atoms with E-state index in [-0.39, 0.29) is 5.91 Å². The van der Waals surface area contributed by atoms with Crippen LogP contribution in [-0.2, 0) is 6.54 Å². The molecule has 40 heavy (non-hydrogen) atoms. The number of hydrazine groups is 1. The summed E-state index contributed by atoms with van der Waals surface area (Å²) >= 11 is 12.5. The standard InChI is InChI=1S/C33H38Cl2N4O/c34-27-10-5-22(6-11-27)31(23-7-12-28(35)13-8-23)26-9-14-30-29(19-26)32(38-37-30)24-15-17-39(18-16-24)20-21-1-3-25(4-2-21)33(36)40/h1-8,10-13,24,26,29-32,37-38H,9,14-20H2,(H2,36,40). The van der Waals surface area contributed by atoms with Gasteiger partial charge in [-0.2, -0.15) is 0 Å². The Bertz CT molecular complexity index is 1240. The average molecular weight is 578 g/mol. The molecule has 210 valence electrons. The molecule has 1 saturated carbocycles. The third-order valence-electron chi connectivity index (χ3n) is 9.55. The number of likely N-dealkylation sites (tertiary alicyclic amines) is 1. The van der Waals surface area contributed by atoms with E-state index >= 15 is 0 Å². The summed E-state index contributed by atoms with van der Waals surface area (Å²) in [4.78, 5) is 13.9. The first-order chi connectivity index (χ1) is 19.4. The minimum atomic E-state index is -0.374. The van der Waals surface area contributed by atoms with Crippen molar-refractivity contribution in [3.05, 3.63) is 105 Å². The lowest BCUT2D eigenvalue weighted by Gasteiger charge is -2.41. The topological polar surface area (TPSA) is 70.4 Å². The fraction of sp³-hybridized carbons (Fsp3) is 0.424. The van der Waals surface area contributed by atoms with Gasteiger partial charge in [-0.25, -0.2) is 0 Å². The zero-order valence-corrected chi connectivity index (χ0v) is 24.2. The quantitative estimate of drug-likeness (QED) is 0.304. The van der Waals surface area contributed by atoms with Crippen LogP contribution < -0.4 is 16.6 Å². The van der Waals surface area contributed by atoms with Crippen molar-refractivity contribution >= 4 is 29.1 Å². The van der Waals surface area contributed by atoms with Gasteiger partial charge in [0, 0.05) is 40.2 Å². The summed E-state index contributed by atoms with van der Waals surface area (Å²) in [6.07, 6.45) is 5.99. The number of carbonyl (C=O) groups is 1. The third-order valence-corrected chi connectivity index (χ3v) is 10.1. The molecule has 3 aromatic rings. The van der Waals surface area contributed by atoms with E-state index in [1.165, 1.54) is 48.8 Å². The maximum atomic E-state index is 11.4. The Balaban J connectivity index is 1.12. The highest BCUT2D eigenvalue weighted by molar-refractivity contribution is 6.30. The Hall–Kier alpha value is -2.41. The maximum Gasteiger partial charge on any atom is 0.248 e. The van der Waals surface area contributed by atoms with E-state index < -0.39 is 0 Å². The molecule has 3 fully saturated rings. The molecule has 2 aliphatic heterocycles. The predicted molar refractivity (Wildman–Crippen MR) is 162 cm³/mol. The first-order valence-electron chi connectivity index (χ1n) is 14.6. The summed E-state index contributed by atoms with van der Waals surface area (Å²) in [6, 6.07) is 25.7. The predicted octanol–water partition coefficient (Wildman–Crippen LogP) is 6.40. The van der Waals surface area contributed by atoms with Crippen molar-refractivity contribution in [1.82, 2.24) is 15.8 Å². The van der Waals surface area contributed by atoms with Crippen LogP contribution in [0.3, 0.4) is 0 Å². The van der Waals surface area contributed by atoms with Gasteiger partial charge in [0.15, 0.2) is 0 Å². The van der Waals surface area contributed by atoms with Gasteiger partial charge in [-0.3, -0.25) is 20.5 Å². The lowest BCUT2D eigenvalue weighted by atomic mass is 9.66. The second kappa shape index (κ2) is 12.2. The number of carbonyl (C=O) groups excluding carboxylic acids is 1. The van der Waals surface area contributed by atoms with Gasteiger partial charge in [-0.15, -0.1) is 0 Å². The second-order valence-corrected chi connectivity index (χ2v) is 12.8. The summed E-state index contributed by atoms with van der Waals surface area (Å²) in [5.41, 5.74) is 17.3. The van der Waals surface area contributed by atoms with Crippen LogP contribution >= 0.6 is 23.2 Å². The van der Waals surface area contributed by atoms with Gasteiger partial charge in [0.05, 0.1) is 0 Å². The lowest BCUT2D eigenvalue weighted by Crippen LogP contribution is -2.45. The smallest absolute Gasteiger partial charge is 0.248 e. The molecular weight excluding hydrogens is 539 g/mol. The Morgan fingerprint density at radius 1 is 0.825 bits per heavy atom. The first kappa shape index (κ1) is 27.7. The molecule has 6 rings (SSSR count). The summed E-state index contributed by atoms with van der Waals surface area (Å²) < 4.78 is 0.